The Balaban J connectivity index is 1.01. The van der Waals surface area contributed by atoms with Crippen molar-refractivity contribution in [2.45, 2.75) is 202 Å². The molecule has 4 saturated heterocycles. The van der Waals surface area contributed by atoms with Crippen molar-refractivity contribution in [3.05, 3.63) is 0 Å². The van der Waals surface area contributed by atoms with Gasteiger partial charge < -0.3 is 35.8 Å². The molecule has 4 aliphatic carbocycles. The maximum atomic E-state index is 10.5. The molecule has 0 amide bonds. The lowest BCUT2D eigenvalue weighted by Crippen LogP contribution is -2.67. The molecular formula is C36H66O8Si4. The van der Waals surface area contributed by atoms with E-state index in [0.29, 0.717) is 60.3 Å². The first-order chi connectivity index (χ1) is 22.9. The van der Waals surface area contributed by atoms with Crippen molar-refractivity contribution in [2.75, 3.05) is 0 Å². The summed E-state index contributed by atoms with van der Waals surface area (Å²) in [6.07, 6.45) is 23.0. The number of ether oxygens (including phenoxy) is 3. The smallest absolute Gasteiger partial charge is 0.317 e. The topological polar surface area (TPSA) is 94.7 Å². The molecule has 0 spiro atoms. The molecule has 8 nitrogen and oxygen atoms in total. The molecule has 13 atom stereocenters. The average molecular weight is 739 g/mol. The fourth-order valence-electron chi connectivity index (χ4n) is 11.0. The highest BCUT2D eigenvalue weighted by molar-refractivity contribution is 6.93. The fourth-order valence-corrected chi connectivity index (χ4v) is 34.7. The van der Waals surface area contributed by atoms with Gasteiger partial charge in [0.25, 0.3) is 0 Å². The third kappa shape index (κ3) is 9.01. The van der Waals surface area contributed by atoms with Gasteiger partial charge in [0.05, 0.1) is 42.7 Å². The Morgan fingerprint density at radius 1 is 0.417 bits per heavy atom. The summed E-state index contributed by atoms with van der Waals surface area (Å²) in [6.45, 7) is 9.50. The van der Waals surface area contributed by atoms with Gasteiger partial charge >= 0.3 is 34.2 Å². The van der Waals surface area contributed by atoms with Crippen LogP contribution in [0.5, 0.6) is 0 Å². The van der Waals surface area contributed by atoms with Crippen LogP contribution < -0.4 is 0 Å². The predicted octanol–water partition coefficient (Wildman–Crippen LogP) is 8.17. The van der Waals surface area contributed by atoms with Crippen LogP contribution in [0.2, 0.25) is 50.4 Å². The molecule has 4 heterocycles. The summed E-state index contributed by atoms with van der Waals surface area (Å²) >= 11 is 0. The Kier molecular flexibility index (Phi) is 10.4. The monoisotopic (exact) mass is 738 g/mol. The molecule has 0 aromatic carbocycles. The molecule has 0 aromatic heterocycles. The second-order valence-electron chi connectivity index (χ2n) is 18.5. The SMILES string of the molecule is C[Si]1(CCC2CCCC(O)C2)O[Si](C)(CCC2CCC3OC3C2)O[Si](C)(CCC2CCC3OC3C2)O[Si](C)(CCC2CCC3OC3C2)O1. The van der Waals surface area contributed by atoms with Crippen molar-refractivity contribution in [3.8, 4) is 0 Å². The lowest BCUT2D eigenvalue weighted by molar-refractivity contribution is 0.0987. The molecule has 48 heavy (non-hydrogen) atoms. The number of aliphatic hydroxyl groups excluding tert-OH is 1. The fraction of sp³-hybridized carbons (Fsp3) is 1.00. The van der Waals surface area contributed by atoms with Gasteiger partial charge in [-0.15, -0.1) is 0 Å². The summed E-state index contributed by atoms with van der Waals surface area (Å²) in [5.74, 6) is 2.69. The van der Waals surface area contributed by atoms with Crippen molar-refractivity contribution in [2.24, 2.45) is 23.7 Å². The second kappa shape index (κ2) is 14.1. The number of aliphatic hydroxyl groups is 1. The molecule has 8 fully saturated rings. The molecule has 1 N–H and O–H groups in total. The van der Waals surface area contributed by atoms with E-state index in [4.69, 9.17) is 30.7 Å². The third-order valence-corrected chi connectivity index (χ3v) is 32.5. The van der Waals surface area contributed by atoms with Gasteiger partial charge in [-0.25, -0.2) is 0 Å². The van der Waals surface area contributed by atoms with E-state index in [1.165, 1.54) is 83.5 Å². The molecule has 0 radical (unpaired) electrons. The average Bonchev–Trinajstić information content (AvgIpc) is 3.92. The first-order valence-corrected chi connectivity index (χ1v) is 30.5. The van der Waals surface area contributed by atoms with Crippen molar-refractivity contribution in [3.63, 3.8) is 0 Å². The minimum atomic E-state index is -2.65. The van der Waals surface area contributed by atoms with Crippen molar-refractivity contribution in [1.82, 2.24) is 0 Å². The van der Waals surface area contributed by atoms with Crippen LogP contribution in [0, 0.1) is 23.7 Å². The Hall–Kier alpha value is 0.548. The van der Waals surface area contributed by atoms with Gasteiger partial charge in [0, 0.05) is 0 Å². The van der Waals surface area contributed by atoms with E-state index < -0.39 is 34.2 Å². The van der Waals surface area contributed by atoms with Crippen LogP contribution >= 0.6 is 0 Å². The predicted molar refractivity (Wildman–Crippen MR) is 194 cm³/mol. The van der Waals surface area contributed by atoms with Crippen LogP contribution in [0.15, 0.2) is 0 Å². The van der Waals surface area contributed by atoms with Gasteiger partial charge in [-0.05, 0) is 170 Å². The zero-order chi connectivity index (χ0) is 33.1. The summed E-state index contributed by atoms with van der Waals surface area (Å²) in [6, 6.07) is 4.07. The molecule has 0 bridgehead atoms. The maximum Gasteiger partial charge on any atom is 0.317 e. The van der Waals surface area contributed by atoms with Crippen LogP contribution in [-0.4, -0.2) is 82.1 Å². The molecular weight excluding hydrogens is 673 g/mol. The van der Waals surface area contributed by atoms with Gasteiger partial charge in [0.2, 0.25) is 0 Å². The van der Waals surface area contributed by atoms with E-state index in [1.807, 2.05) is 0 Å². The number of epoxide rings is 3. The standard InChI is InChI=1S/C36H66O8Si4/c1-45(18-14-26-6-5-7-30(37)22-26)41-46(2,19-15-27-8-11-31-34(23-27)38-31)43-48(4,21-17-29-10-13-33-36(25-29)40-33)44-47(3,42-45)20-16-28-9-12-32-35(24-28)39-32/h26-37H,5-25H2,1-4H3. The number of rotatable bonds is 12. The maximum absolute atomic E-state index is 10.5. The molecule has 4 aliphatic heterocycles. The first-order valence-electron chi connectivity index (χ1n) is 20.4. The molecule has 12 heteroatoms. The Labute approximate surface area is 295 Å². The summed E-state index contributed by atoms with van der Waals surface area (Å²) in [4.78, 5) is 0. The number of hydrogen-bond donors (Lipinski definition) is 1. The molecule has 13 unspecified atom stereocenters. The van der Waals surface area contributed by atoms with Crippen molar-refractivity contribution >= 4 is 34.2 Å². The molecule has 4 saturated carbocycles. The summed E-state index contributed by atoms with van der Waals surface area (Å²) in [5.41, 5.74) is 0. The van der Waals surface area contributed by atoms with Crippen LogP contribution in [0.1, 0.15) is 109 Å². The highest BCUT2D eigenvalue weighted by Gasteiger charge is 2.58. The summed E-state index contributed by atoms with van der Waals surface area (Å²) in [5, 5.41) is 10.5. The minimum absolute atomic E-state index is 0.146. The zero-order valence-electron chi connectivity index (χ0n) is 30.5. The zero-order valence-corrected chi connectivity index (χ0v) is 34.5. The summed E-state index contributed by atoms with van der Waals surface area (Å²) in [7, 11) is -10.5. The van der Waals surface area contributed by atoms with Crippen LogP contribution in [-0.2, 0) is 30.7 Å². The normalized spacial score (nSPS) is 53.1. The number of fused-ring (bicyclic) bond motifs is 3. The lowest BCUT2D eigenvalue weighted by atomic mass is 9.86. The minimum Gasteiger partial charge on any atom is -0.416 e. The van der Waals surface area contributed by atoms with Crippen LogP contribution in [0.25, 0.3) is 0 Å². The van der Waals surface area contributed by atoms with Gasteiger partial charge in [0.1, 0.15) is 0 Å². The lowest BCUT2D eigenvalue weighted by Gasteiger charge is -2.51. The van der Waals surface area contributed by atoms with Gasteiger partial charge in [-0.3, -0.25) is 0 Å². The van der Waals surface area contributed by atoms with Gasteiger partial charge in [-0.2, -0.15) is 0 Å². The molecule has 274 valence electrons. The van der Waals surface area contributed by atoms with Crippen LogP contribution in [0.3, 0.4) is 0 Å². The van der Waals surface area contributed by atoms with Crippen molar-refractivity contribution < 1.29 is 35.8 Å². The van der Waals surface area contributed by atoms with E-state index in [2.05, 4.69) is 26.2 Å². The van der Waals surface area contributed by atoms with E-state index in [0.717, 1.165) is 49.9 Å². The van der Waals surface area contributed by atoms with Crippen LogP contribution in [0.4, 0.5) is 0 Å². The quantitative estimate of drug-likeness (QED) is 0.158. The first kappa shape index (κ1) is 35.6. The highest BCUT2D eigenvalue weighted by Crippen LogP contribution is 2.47. The van der Waals surface area contributed by atoms with Gasteiger partial charge in [0.15, 0.2) is 0 Å². The molecule has 8 rings (SSSR count). The van der Waals surface area contributed by atoms with Gasteiger partial charge in [-0.1, -0.05) is 12.8 Å². The highest BCUT2D eigenvalue weighted by atomic mass is 28.5. The van der Waals surface area contributed by atoms with E-state index >= 15 is 0 Å². The molecule has 0 aromatic rings. The van der Waals surface area contributed by atoms with E-state index in [-0.39, 0.29) is 6.10 Å². The number of hydrogen-bond acceptors (Lipinski definition) is 8. The third-order valence-electron chi connectivity index (χ3n) is 13.8. The van der Waals surface area contributed by atoms with E-state index in [9.17, 15) is 5.11 Å². The Morgan fingerprint density at radius 3 is 1.06 bits per heavy atom. The Morgan fingerprint density at radius 2 is 0.750 bits per heavy atom. The largest absolute Gasteiger partial charge is 0.416 e. The van der Waals surface area contributed by atoms with E-state index in [1.54, 1.807) is 0 Å². The second-order valence-corrected chi connectivity index (χ2v) is 32.8. The Bertz CT molecular complexity index is 983. The van der Waals surface area contributed by atoms with Crippen molar-refractivity contribution in [1.29, 1.82) is 0 Å². The summed E-state index contributed by atoms with van der Waals surface area (Å²) < 4.78 is 48.3. The molecule has 8 aliphatic rings.